The summed E-state index contributed by atoms with van der Waals surface area (Å²) in [6.45, 7) is 5.55. The minimum atomic E-state index is -2.99. The van der Waals surface area contributed by atoms with Crippen molar-refractivity contribution in [2.24, 2.45) is 0 Å². The molecule has 1 aromatic carbocycles. The highest BCUT2D eigenvalue weighted by Crippen LogP contribution is 2.35. The van der Waals surface area contributed by atoms with Crippen LogP contribution in [-0.2, 0) is 0 Å². The van der Waals surface area contributed by atoms with E-state index in [0.29, 0.717) is 17.7 Å². The number of rotatable bonds is 9. The first-order chi connectivity index (χ1) is 21.7. The second kappa shape index (κ2) is 13.1. The molecule has 15 heteroatoms. The molecule has 0 radical (unpaired) electrons. The van der Waals surface area contributed by atoms with E-state index < -0.39 is 29.3 Å². The summed E-state index contributed by atoms with van der Waals surface area (Å²) in [6.07, 6.45) is 8.37. The number of benzene rings is 1. The zero-order chi connectivity index (χ0) is 31.7. The number of likely N-dealkylation sites (tertiary alicyclic amines) is 1. The van der Waals surface area contributed by atoms with Gasteiger partial charge in [-0.2, -0.15) is 5.10 Å². The number of aromatic nitrogens is 6. The molecule has 2 saturated heterocycles. The number of amides is 1. The second-order valence-electron chi connectivity index (χ2n) is 11.2. The maximum atomic E-state index is 14.7. The number of hydrogen-bond acceptors (Lipinski definition) is 9. The fourth-order valence-corrected chi connectivity index (χ4v) is 5.71. The van der Waals surface area contributed by atoms with E-state index in [2.05, 4.69) is 40.2 Å². The number of carbonyl (C=O) groups excluding carboxylic acids is 1. The van der Waals surface area contributed by atoms with Crippen LogP contribution in [0.1, 0.15) is 60.3 Å². The van der Waals surface area contributed by atoms with Crippen molar-refractivity contribution >= 4 is 29.1 Å². The van der Waals surface area contributed by atoms with Crippen molar-refractivity contribution in [3.8, 4) is 11.3 Å². The summed E-state index contributed by atoms with van der Waals surface area (Å²) in [5.74, 6) is -1.08. The van der Waals surface area contributed by atoms with Gasteiger partial charge in [-0.15, -0.1) is 0 Å². The minimum Gasteiger partial charge on any atom is -0.393 e. The van der Waals surface area contributed by atoms with Gasteiger partial charge in [-0.3, -0.25) is 14.5 Å². The smallest absolute Gasteiger partial charge is 0.275 e. The third-order valence-electron chi connectivity index (χ3n) is 8.31. The van der Waals surface area contributed by atoms with Crippen LogP contribution >= 0.6 is 11.6 Å². The van der Waals surface area contributed by atoms with Crippen molar-refractivity contribution in [3.05, 3.63) is 77.0 Å². The average Bonchev–Trinajstić information content (AvgIpc) is 3.49. The molecule has 3 aromatic heterocycles. The molecule has 11 nitrogen and oxygen atoms in total. The van der Waals surface area contributed by atoms with E-state index >= 15 is 0 Å². The van der Waals surface area contributed by atoms with Gasteiger partial charge in [-0.25, -0.2) is 28.1 Å². The number of piperidine rings is 1. The first-order valence-electron chi connectivity index (χ1n) is 14.6. The number of alkyl halides is 2. The fourth-order valence-electron chi connectivity index (χ4n) is 5.55. The van der Waals surface area contributed by atoms with Crippen LogP contribution < -0.4 is 10.2 Å². The van der Waals surface area contributed by atoms with Gasteiger partial charge in [-0.05, 0) is 32.3 Å². The predicted molar refractivity (Wildman–Crippen MR) is 161 cm³/mol. The fraction of sp³-hybridized carbons (Fsp3) is 0.400. The molecule has 4 aromatic rings. The molecule has 2 fully saturated rings. The molecule has 0 spiro atoms. The maximum absolute atomic E-state index is 14.7. The highest BCUT2D eigenvalue weighted by atomic mass is 35.5. The molecule has 1 amide bonds. The summed E-state index contributed by atoms with van der Waals surface area (Å²) in [4.78, 5) is 34.8. The lowest BCUT2D eigenvalue weighted by Crippen LogP contribution is -2.55. The van der Waals surface area contributed by atoms with Crippen molar-refractivity contribution in [3.63, 3.8) is 0 Å². The predicted octanol–water partition coefficient (Wildman–Crippen LogP) is 4.76. The molecule has 2 aliphatic heterocycles. The standard InChI is InChI=1S/C30H31ClF3N9O2/c1-17(18-10-36-30(37-11-18)42-9-4-20(42)16-41-7-5-21(44)6-8-41)43-15-19(12-38-43)39-29(45)25-14-35-13-24(40-25)26-22(28(33)34)2-3-23(31)27(26)32/h2-3,10-15,17,20-21,28,44H,4-9,16H2,1H3,(H,39,45). The monoisotopic (exact) mass is 641 g/mol. The topological polar surface area (TPSA) is 125 Å². The first kappa shape index (κ1) is 30.9. The Labute approximate surface area is 262 Å². The number of halogens is 4. The Hall–Kier alpha value is -4.14. The minimum absolute atomic E-state index is 0.191. The first-order valence-corrected chi connectivity index (χ1v) is 15.0. The lowest BCUT2D eigenvalue weighted by Gasteiger charge is -2.44. The van der Waals surface area contributed by atoms with Gasteiger partial charge < -0.3 is 20.2 Å². The highest BCUT2D eigenvalue weighted by molar-refractivity contribution is 6.31. The van der Waals surface area contributed by atoms with Crippen LogP contribution in [0.2, 0.25) is 5.02 Å². The van der Waals surface area contributed by atoms with Gasteiger partial charge in [0.2, 0.25) is 5.95 Å². The van der Waals surface area contributed by atoms with Gasteiger partial charge in [-0.1, -0.05) is 17.7 Å². The highest BCUT2D eigenvalue weighted by Gasteiger charge is 2.32. The number of anilines is 2. The summed E-state index contributed by atoms with van der Waals surface area (Å²) in [6, 6.07) is 2.15. The van der Waals surface area contributed by atoms with E-state index in [-0.39, 0.29) is 28.6 Å². The van der Waals surface area contributed by atoms with Crippen LogP contribution in [0.5, 0.6) is 0 Å². The van der Waals surface area contributed by atoms with E-state index in [0.717, 1.165) is 75.5 Å². The molecule has 45 heavy (non-hydrogen) atoms. The Kier molecular flexibility index (Phi) is 8.97. The molecule has 2 aliphatic rings. The van der Waals surface area contributed by atoms with E-state index in [9.17, 15) is 23.1 Å². The number of hydrogen-bond donors (Lipinski definition) is 2. The Morgan fingerprint density at radius 1 is 1.09 bits per heavy atom. The van der Waals surface area contributed by atoms with Gasteiger partial charge in [0, 0.05) is 67.5 Å². The average molecular weight is 642 g/mol. The lowest BCUT2D eigenvalue weighted by atomic mass is 10.0. The SMILES string of the molecule is CC(c1cnc(N2CCC2CN2CCC(O)CC2)nc1)n1cc(NC(=O)c2cncc(-c3c(C(F)F)ccc(Cl)c3F)n2)cn1. The molecule has 6 rings (SSSR count). The Morgan fingerprint density at radius 2 is 1.84 bits per heavy atom. The van der Waals surface area contributed by atoms with Gasteiger partial charge in [0.05, 0.1) is 47.1 Å². The molecule has 0 aliphatic carbocycles. The van der Waals surface area contributed by atoms with Crippen molar-refractivity contribution in [2.45, 2.75) is 50.8 Å². The summed E-state index contributed by atoms with van der Waals surface area (Å²) in [5.41, 5.74) is -0.409. The van der Waals surface area contributed by atoms with Crippen molar-refractivity contribution in [2.75, 3.05) is 36.4 Å². The molecule has 0 bridgehead atoms. The quantitative estimate of drug-likeness (QED) is 0.266. The van der Waals surface area contributed by atoms with Gasteiger partial charge in [0.1, 0.15) is 5.69 Å². The van der Waals surface area contributed by atoms with Crippen LogP contribution in [0.25, 0.3) is 11.3 Å². The molecular weight excluding hydrogens is 611 g/mol. The number of aliphatic hydroxyl groups is 1. The second-order valence-corrected chi connectivity index (χ2v) is 11.6. The molecule has 2 N–H and O–H groups in total. The largest absolute Gasteiger partial charge is 0.393 e. The van der Waals surface area contributed by atoms with Crippen LogP contribution in [0.4, 0.5) is 24.8 Å². The van der Waals surface area contributed by atoms with Crippen molar-refractivity contribution < 1.29 is 23.1 Å². The summed E-state index contributed by atoms with van der Waals surface area (Å²) < 4.78 is 43.5. The normalized spacial score (nSPS) is 18.2. The zero-order valence-corrected chi connectivity index (χ0v) is 25.1. The van der Waals surface area contributed by atoms with E-state index in [4.69, 9.17) is 11.6 Å². The molecule has 2 unspecified atom stereocenters. The molecule has 236 valence electrons. The third-order valence-corrected chi connectivity index (χ3v) is 8.60. The lowest BCUT2D eigenvalue weighted by molar-refractivity contribution is 0.0761. The Balaban J connectivity index is 1.10. The molecule has 5 heterocycles. The van der Waals surface area contributed by atoms with Crippen molar-refractivity contribution in [1.29, 1.82) is 0 Å². The molecular formula is C30H31ClF3N9O2. The van der Waals surface area contributed by atoms with E-state index in [1.54, 1.807) is 23.3 Å². The summed E-state index contributed by atoms with van der Waals surface area (Å²) >= 11 is 5.82. The summed E-state index contributed by atoms with van der Waals surface area (Å²) in [5, 5.41) is 16.4. The van der Waals surface area contributed by atoms with Gasteiger partial charge >= 0.3 is 0 Å². The van der Waals surface area contributed by atoms with Crippen LogP contribution in [-0.4, -0.2) is 84.0 Å². The number of nitrogens with one attached hydrogen (secondary N) is 1. The maximum Gasteiger partial charge on any atom is 0.275 e. The number of carbonyl (C=O) groups is 1. The molecule has 0 saturated carbocycles. The van der Waals surface area contributed by atoms with Crippen molar-refractivity contribution in [1.82, 2.24) is 34.6 Å². The summed E-state index contributed by atoms with van der Waals surface area (Å²) in [7, 11) is 0. The van der Waals surface area contributed by atoms with Crippen LogP contribution in [0.15, 0.2) is 49.3 Å². The number of aliphatic hydroxyl groups excluding tert-OH is 1. The van der Waals surface area contributed by atoms with Crippen LogP contribution in [0.3, 0.4) is 0 Å². The number of nitrogens with zero attached hydrogens (tertiary/aromatic N) is 8. The molecule has 2 atom stereocenters. The van der Waals surface area contributed by atoms with E-state index in [1.165, 1.54) is 6.20 Å². The van der Waals surface area contributed by atoms with Crippen LogP contribution in [0, 0.1) is 5.82 Å². The Bertz CT molecular complexity index is 1660. The third kappa shape index (κ3) is 6.63. The van der Waals surface area contributed by atoms with E-state index in [1.807, 2.05) is 6.92 Å². The van der Waals surface area contributed by atoms with Gasteiger partial charge in [0.15, 0.2) is 5.82 Å². The zero-order valence-electron chi connectivity index (χ0n) is 24.3. The van der Waals surface area contributed by atoms with Gasteiger partial charge in [0.25, 0.3) is 12.3 Å². The Morgan fingerprint density at radius 3 is 2.53 bits per heavy atom.